The van der Waals surface area contributed by atoms with Crippen LogP contribution in [0.15, 0.2) is 73.5 Å². The number of para-hydroxylation sites is 1. The van der Waals surface area contributed by atoms with Crippen LogP contribution >= 0.6 is 11.3 Å². The van der Waals surface area contributed by atoms with Crippen LogP contribution in [0.4, 0.5) is 5.69 Å². The van der Waals surface area contributed by atoms with Crippen LogP contribution in [0.3, 0.4) is 0 Å². The molecule has 1 aliphatic heterocycles. The minimum atomic E-state index is -4.09. The average Bonchev–Trinajstić information content (AvgIpc) is 3.13. The lowest BCUT2D eigenvalue weighted by atomic mass is 10.1. The molecule has 0 fully saturated rings. The van der Waals surface area contributed by atoms with Gasteiger partial charge in [-0.25, -0.2) is 0 Å². The van der Waals surface area contributed by atoms with Gasteiger partial charge >= 0.3 is 4.87 Å². The molecule has 11 heteroatoms. The van der Waals surface area contributed by atoms with E-state index in [2.05, 4.69) is 14.7 Å². The van der Waals surface area contributed by atoms with Crippen molar-refractivity contribution in [3.05, 3.63) is 85.7 Å². The van der Waals surface area contributed by atoms with Crippen LogP contribution < -0.4 is 15.7 Å². The molecule has 156 valence electrons. The number of benzene rings is 2. The van der Waals surface area contributed by atoms with Gasteiger partial charge in [0.1, 0.15) is 20.8 Å². The van der Waals surface area contributed by atoms with Gasteiger partial charge in [-0.15, -0.1) is 4.40 Å². The molecule has 3 N–H and O–H groups in total. The van der Waals surface area contributed by atoms with Gasteiger partial charge in [-0.05, 0) is 17.7 Å². The van der Waals surface area contributed by atoms with E-state index >= 15 is 0 Å². The van der Waals surface area contributed by atoms with E-state index in [0.717, 1.165) is 16.9 Å². The zero-order chi connectivity index (χ0) is 21.8. The Kier molecular flexibility index (Phi) is 4.31. The summed E-state index contributed by atoms with van der Waals surface area (Å²) in [7, 11) is -4.09. The topological polar surface area (TPSA) is 134 Å². The molecule has 0 bridgehead atoms. The number of rotatable bonds is 3. The van der Waals surface area contributed by atoms with E-state index in [-0.39, 0.29) is 38.9 Å². The molecule has 31 heavy (non-hydrogen) atoms. The first-order valence-corrected chi connectivity index (χ1v) is 11.3. The van der Waals surface area contributed by atoms with Gasteiger partial charge < -0.3 is 10.4 Å². The second-order valence-electron chi connectivity index (χ2n) is 6.83. The Balaban J connectivity index is 1.78. The van der Waals surface area contributed by atoms with Crippen molar-refractivity contribution in [2.45, 2.75) is 11.4 Å². The third-order valence-electron chi connectivity index (χ3n) is 4.86. The van der Waals surface area contributed by atoms with E-state index in [0.29, 0.717) is 0 Å². The summed E-state index contributed by atoms with van der Waals surface area (Å²) in [4.78, 5) is 27.5. The average molecular weight is 454 g/mol. The second-order valence-corrected chi connectivity index (χ2v) is 9.38. The minimum Gasteiger partial charge on any atom is -0.505 e. The van der Waals surface area contributed by atoms with E-state index in [1.165, 1.54) is 16.7 Å². The Hall–Kier alpha value is -3.70. The highest BCUT2D eigenvalue weighted by Crippen LogP contribution is 2.32. The van der Waals surface area contributed by atoms with Crippen LogP contribution in [0.5, 0.6) is 5.75 Å². The third-order valence-corrected chi connectivity index (χ3v) is 7.07. The number of hydrogen-bond donors (Lipinski definition) is 3. The van der Waals surface area contributed by atoms with Gasteiger partial charge in [-0.2, -0.15) is 8.42 Å². The number of sulfonamides is 1. The van der Waals surface area contributed by atoms with Crippen LogP contribution in [0, 0.1) is 0 Å². The Morgan fingerprint density at radius 3 is 2.52 bits per heavy atom. The van der Waals surface area contributed by atoms with Gasteiger partial charge in [0.15, 0.2) is 11.6 Å². The number of amidine groups is 1. The number of nitrogens with one attached hydrogen (secondary N) is 2. The van der Waals surface area contributed by atoms with Crippen molar-refractivity contribution in [2.24, 2.45) is 4.40 Å². The number of fused-ring (bicyclic) bond motifs is 2. The summed E-state index contributed by atoms with van der Waals surface area (Å²) >= 11 is 0.723. The summed E-state index contributed by atoms with van der Waals surface area (Å²) in [5, 5.41) is 13.7. The standard InChI is InChI=1S/C20H14N4O5S2/c25-15-14(17-21-12-8-4-5-9-13(12)31(28,29)23-17)19(26)24(10-11-6-2-1-3-7-11)18-16(15)30-20(27)22-18/h1-9,25H,10H2,(H,21,23)(H,22,27). The molecule has 2 aromatic carbocycles. The number of pyridine rings is 1. The number of thiazole rings is 1. The summed E-state index contributed by atoms with van der Waals surface area (Å²) in [6.45, 7) is 0.104. The highest BCUT2D eigenvalue weighted by Gasteiger charge is 2.30. The largest absolute Gasteiger partial charge is 0.505 e. The summed E-state index contributed by atoms with van der Waals surface area (Å²) in [6, 6.07) is 15.2. The second kappa shape index (κ2) is 6.93. The van der Waals surface area contributed by atoms with Gasteiger partial charge in [-0.1, -0.05) is 53.8 Å². The van der Waals surface area contributed by atoms with E-state index in [9.17, 15) is 23.1 Å². The summed E-state index contributed by atoms with van der Waals surface area (Å²) in [5.41, 5.74) is 0.166. The van der Waals surface area contributed by atoms with Crippen LogP contribution in [0.1, 0.15) is 11.1 Å². The lowest BCUT2D eigenvalue weighted by molar-refractivity contribution is 0.478. The zero-order valence-corrected chi connectivity index (χ0v) is 17.3. The minimum absolute atomic E-state index is 0.0322. The molecule has 0 saturated carbocycles. The van der Waals surface area contributed by atoms with Gasteiger partial charge in [-0.3, -0.25) is 19.1 Å². The molecule has 0 unspecified atom stereocenters. The molecule has 0 saturated heterocycles. The van der Waals surface area contributed by atoms with E-state index in [1.807, 2.05) is 30.3 Å². The maximum Gasteiger partial charge on any atom is 0.306 e. The van der Waals surface area contributed by atoms with Gasteiger partial charge in [0.05, 0.1) is 12.2 Å². The first-order valence-electron chi connectivity index (χ1n) is 9.09. The lowest BCUT2D eigenvalue weighted by Gasteiger charge is -2.19. The normalized spacial score (nSPS) is 14.6. The molecular weight excluding hydrogens is 440 g/mol. The first-order chi connectivity index (χ1) is 14.8. The van der Waals surface area contributed by atoms with E-state index < -0.39 is 26.2 Å². The fraction of sp³-hybridized carbons (Fsp3) is 0.0500. The van der Waals surface area contributed by atoms with Crippen molar-refractivity contribution in [3.63, 3.8) is 0 Å². The fourth-order valence-corrected chi connectivity index (χ4v) is 5.39. The van der Waals surface area contributed by atoms with Gasteiger partial charge in [0.25, 0.3) is 15.6 Å². The third kappa shape index (κ3) is 3.14. The number of hydrogen-bond acceptors (Lipinski definition) is 7. The van der Waals surface area contributed by atoms with Crippen LogP contribution in [0.25, 0.3) is 10.3 Å². The molecule has 1 aliphatic rings. The molecule has 0 amide bonds. The smallest absolute Gasteiger partial charge is 0.306 e. The van der Waals surface area contributed by atoms with Crippen molar-refractivity contribution in [1.29, 1.82) is 0 Å². The quantitative estimate of drug-likeness (QED) is 0.434. The van der Waals surface area contributed by atoms with Crippen LogP contribution in [0.2, 0.25) is 0 Å². The lowest BCUT2D eigenvalue weighted by Crippen LogP contribution is -2.33. The van der Waals surface area contributed by atoms with Crippen molar-refractivity contribution < 1.29 is 13.5 Å². The summed E-state index contributed by atoms with van der Waals surface area (Å²) < 4.78 is 30.5. The maximum atomic E-state index is 13.4. The molecule has 0 aliphatic carbocycles. The first kappa shape index (κ1) is 19.3. The van der Waals surface area contributed by atoms with Crippen molar-refractivity contribution in [2.75, 3.05) is 5.32 Å². The Morgan fingerprint density at radius 2 is 1.74 bits per heavy atom. The Morgan fingerprint density at radius 1 is 1.03 bits per heavy atom. The number of aromatic nitrogens is 2. The van der Waals surface area contributed by atoms with Crippen molar-refractivity contribution >= 4 is 43.2 Å². The highest BCUT2D eigenvalue weighted by atomic mass is 32.2. The predicted molar refractivity (Wildman–Crippen MR) is 118 cm³/mol. The molecule has 4 aromatic rings. The Labute approximate surface area is 179 Å². The predicted octanol–water partition coefficient (Wildman–Crippen LogP) is 2.07. The number of anilines is 1. The number of nitrogens with zero attached hydrogens (tertiary/aromatic N) is 2. The van der Waals surface area contributed by atoms with Crippen molar-refractivity contribution in [3.8, 4) is 5.75 Å². The highest BCUT2D eigenvalue weighted by molar-refractivity contribution is 7.90. The number of H-pyrrole nitrogens is 1. The molecular formula is C20H14N4O5S2. The Bertz CT molecular complexity index is 1600. The maximum absolute atomic E-state index is 13.4. The molecule has 9 nitrogen and oxygen atoms in total. The molecule has 2 aromatic heterocycles. The summed E-state index contributed by atoms with van der Waals surface area (Å²) in [5.74, 6) is -0.806. The van der Waals surface area contributed by atoms with Crippen LogP contribution in [-0.4, -0.2) is 28.9 Å². The zero-order valence-electron chi connectivity index (χ0n) is 15.7. The van der Waals surface area contributed by atoms with Crippen molar-refractivity contribution in [1.82, 2.24) is 9.55 Å². The SMILES string of the molecule is O=c1[nH]c2c(s1)c(O)c(C1=NS(=O)(=O)c3ccccc3N1)c(=O)n2Cc1ccccc1. The molecule has 0 radical (unpaired) electrons. The van der Waals surface area contributed by atoms with E-state index in [1.54, 1.807) is 12.1 Å². The molecule has 0 atom stereocenters. The van der Waals surface area contributed by atoms with Gasteiger partial charge in [0, 0.05) is 0 Å². The van der Waals surface area contributed by atoms with E-state index in [4.69, 9.17) is 0 Å². The monoisotopic (exact) mass is 454 g/mol. The van der Waals surface area contributed by atoms with Crippen LogP contribution in [-0.2, 0) is 16.6 Å². The number of aromatic amines is 1. The number of aromatic hydroxyl groups is 1. The molecule has 0 spiro atoms. The van der Waals surface area contributed by atoms with Gasteiger partial charge in [0.2, 0.25) is 0 Å². The molecule has 5 rings (SSSR count). The fourth-order valence-electron chi connectivity index (χ4n) is 3.47. The summed E-state index contributed by atoms with van der Waals surface area (Å²) in [6.07, 6.45) is 0. The molecule has 3 heterocycles.